The average Bonchev–Trinajstić information content (AvgIpc) is 3.03. The zero-order valence-electron chi connectivity index (χ0n) is 14.0. The van der Waals surface area contributed by atoms with Gasteiger partial charge >= 0.3 is 0 Å². The van der Waals surface area contributed by atoms with Crippen LogP contribution in [0.4, 0.5) is 0 Å². The van der Waals surface area contributed by atoms with E-state index in [4.69, 9.17) is 5.26 Å². The number of pyridine rings is 1. The molecular formula is C17H14BrN5O2S. The van der Waals surface area contributed by atoms with Crippen LogP contribution < -0.4 is 0 Å². The molecule has 26 heavy (non-hydrogen) atoms. The lowest BCUT2D eigenvalue weighted by Gasteiger charge is -2.15. The van der Waals surface area contributed by atoms with Crippen LogP contribution in [0.15, 0.2) is 57.2 Å². The predicted octanol–water partition coefficient (Wildman–Crippen LogP) is 2.93. The molecular weight excluding hydrogens is 418 g/mol. The Morgan fingerprint density at radius 3 is 2.85 bits per heavy atom. The molecule has 7 nitrogen and oxygen atoms in total. The van der Waals surface area contributed by atoms with Crippen LogP contribution in [0.2, 0.25) is 0 Å². The Bertz CT molecular complexity index is 1160. The first-order chi connectivity index (χ1) is 12.3. The third-order valence-electron chi connectivity index (χ3n) is 3.82. The van der Waals surface area contributed by atoms with Crippen molar-refractivity contribution in [2.75, 3.05) is 7.05 Å². The van der Waals surface area contributed by atoms with Crippen molar-refractivity contribution in [3.05, 3.63) is 63.9 Å². The SMILES string of the molecule is Cc1ccc(Br)cc1S(=O)(=O)N(C)/N=C\c1cnn2ccc(C#N)cc12. The molecule has 0 N–H and O–H groups in total. The largest absolute Gasteiger partial charge is 0.279 e. The smallest absolute Gasteiger partial charge is 0.240 e. The van der Waals surface area contributed by atoms with Crippen LogP contribution >= 0.6 is 15.9 Å². The van der Waals surface area contributed by atoms with E-state index < -0.39 is 10.0 Å². The molecule has 0 aliphatic heterocycles. The maximum Gasteiger partial charge on any atom is 0.279 e. The highest BCUT2D eigenvalue weighted by Gasteiger charge is 2.22. The quantitative estimate of drug-likeness (QED) is 0.468. The fourth-order valence-electron chi connectivity index (χ4n) is 2.37. The van der Waals surface area contributed by atoms with Crippen LogP contribution in [0.3, 0.4) is 0 Å². The summed E-state index contributed by atoms with van der Waals surface area (Å²) in [4.78, 5) is 0.179. The average molecular weight is 432 g/mol. The molecule has 1 aromatic carbocycles. The summed E-state index contributed by atoms with van der Waals surface area (Å²) in [6.45, 7) is 1.73. The van der Waals surface area contributed by atoms with Crippen molar-refractivity contribution in [3.63, 3.8) is 0 Å². The van der Waals surface area contributed by atoms with Gasteiger partial charge in [-0.15, -0.1) is 0 Å². The molecule has 0 fully saturated rings. The number of benzene rings is 1. The van der Waals surface area contributed by atoms with Gasteiger partial charge in [0.1, 0.15) is 0 Å². The molecule has 3 rings (SSSR count). The fraction of sp³-hybridized carbons (Fsp3) is 0.118. The molecule has 0 saturated carbocycles. The second-order valence-electron chi connectivity index (χ2n) is 5.55. The standard InChI is InChI=1S/C17H14BrN5O2S/c1-12-3-4-15(18)8-17(12)26(24,25)22(2)20-10-14-11-21-23-6-5-13(9-19)7-16(14)23/h3-8,10-11H,1-2H3/b20-10-. The topological polar surface area (TPSA) is 90.8 Å². The van der Waals surface area contributed by atoms with Gasteiger partial charge in [0.2, 0.25) is 0 Å². The molecule has 2 heterocycles. The molecule has 0 amide bonds. The van der Waals surface area contributed by atoms with Crippen molar-refractivity contribution in [1.29, 1.82) is 5.26 Å². The summed E-state index contributed by atoms with van der Waals surface area (Å²) < 4.78 is 28.7. The van der Waals surface area contributed by atoms with E-state index in [1.807, 2.05) is 0 Å². The summed E-state index contributed by atoms with van der Waals surface area (Å²) in [5.41, 5.74) is 2.38. The minimum Gasteiger partial charge on any atom is -0.240 e. The summed E-state index contributed by atoms with van der Waals surface area (Å²) in [5, 5.41) is 17.2. The normalized spacial score (nSPS) is 11.8. The monoisotopic (exact) mass is 431 g/mol. The first kappa shape index (κ1) is 18.1. The van der Waals surface area contributed by atoms with Gasteiger partial charge in [-0.3, -0.25) is 0 Å². The second-order valence-corrected chi connectivity index (χ2v) is 8.38. The van der Waals surface area contributed by atoms with Gasteiger partial charge in [-0.05, 0) is 36.8 Å². The zero-order chi connectivity index (χ0) is 18.9. The Hall–Kier alpha value is -2.70. The van der Waals surface area contributed by atoms with E-state index in [0.29, 0.717) is 26.7 Å². The zero-order valence-corrected chi connectivity index (χ0v) is 16.4. The van der Waals surface area contributed by atoms with Gasteiger partial charge in [0, 0.05) is 23.3 Å². The second kappa shape index (κ2) is 6.90. The lowest BCUT2D eigenvalue weighted by atomic mass is 10.2. The van der Waals surface area contributed by atoms with E-state index in [0.717, 1.165) is 4.41 Å². The number of aromatic nitrogens is 2. The van der Waals surface area contributed by atoms with Gasteiger partial charge < -0.3 is 0 Å². The van der Waals surface area contributed by atoms with Crippen LogP contribution in [-0.2, 0) is 10.0 Å². The van der Waals surface area contributed by atoms with E-state index in [9.17, 15) is 8.42 Å². The minimum absolute atomic E-state index is 0.179. The Kier molecular flexibility index (Phi) is 4.80. The molecule has 132 valence electrons. The molecule has 0 bridgehead atoms. The fourth-order valence-corrected chi connectivity index (χ4v) is 4.09. The highest BCUT2D eigenvalue weighted by Crippen LogP contribution is 2.23. The summed E-state index contributed by atoms with van der Waals surface area (Å²) in [6, 6.07) is 10.4. The molecule has 0 unspecified atom stereocenters. The first-order valence-electron chi connectivity index (χ1n) is 7.49. The lowest BCUT2D eigenvalue weighted by molar-refractivity contribution is 0.490. The Morgan fingerprint density at radius 1 is 1.35 bits per heavy atom. The van der Waals surface area contributed by atoms with Crippen molar-refractivity contribution in [2.24, 2.45) is 5.10 Å². The van der Waals surface area contributed by atoms with E-state index in [1.54, 1.807) is 54.2 Å². The Balaban J connectivity index is 1.96. The van der Waals surface area contributed by atoms with Crippen molar-refractivity contribution < 1.29 is 8.42 Å². The number of nitriles is 1. The third kappa shape index (κ3) is 3.34. The van der Waals surface area contributed by atoms with Gasteiger partial charge in [-0.25, -0.2) is 4.52 Å². The Labute approximate surface area is 159 Å². The van der Waals surface area contributed by atoms with Crippen LogP contribution in [0.5, 0.6) is 0 Å². The molecule has 0 spiro atoms. The van der Waals surface area contributed by atoms with Crippen molar-refractivity contribution >= 4 is 37.7 Å². The van der Waals surface area contributed by atoms with E-state index >= 15 is 0 Å². The molecule has 0 saturated heterocycles. The first-order valence-corrected chi connectivity index (χ1v) is 9.73. The number of sulfonamides is 1. The maximum atomic E-state index is 12.8. The summed E-state index contributed by atoms with van der Waals surface area (Å²) in [7, 11) is -2.41. The number of hydrazone groups is 1. The molecule has 0 aliphatic rings. The van der Waals surface area contributed by atoms with Gasteiger partial charge in [0.25, 0.3) is 10.0 Å². The van der Waals surface area contributed by atoms with Crippen molar-refractivity contribution in [2.45, 2.75) is 11.8 Å². The number of hydrogen-bond acceptors (Lipinski definition) is 5. The number of hydrogen-bond donors (Lipinski definition) is 0. The van der Waals surface area contributed by atoms with E-state index in [2.05, 4.69) is 32.2 Å². The number of rotatable bonds is 4. The molecule has 9 heteroatoms. The molecule has 3 aromatic rings. The van der Waals surface area contributed by atoms with Crippen molar-refractivity contribution in [1.82, 2.24) is 14.0 Å². The summed E-state index contributed by atoms with van der Waals surface area (Å²) >= 11 is 3.29. The maximum absolute atomic E-state index is 12.8. The van der Waals surface area contributed by atoms with Gasteiger partial charge in [0.15, 0.2) is 0 Å². The van der Waals surface area contributed by atoms with E-state index in [1.165, 1.54) is 13.3 Å². The number of aryl methyl sites for hydroxylation is 1. The highest BCUT2D eigenvalue weighted by atomic mass is 79.9. The molecule has 0 radical (unpaired) electrons. The van der Waals surface area contributed by atoms with Gasteiger partial charge in [-0.1, -0.05) is 22.0 Å². The molecule has 2 aromatic heterocycles. The van der Waals surface area contributed by atoms with Gasteiger partial charge in [-0.2, -0.15) is 28.3 Å². The lowest BCUT2D eigenvalue weighted by Crippen LogP contribution is -2.22. The summed E-state index contributed by atoms with van der Waals surface area (Å²) in [5.74, 6) is 0. The van der Waals surface area contributed by atoms with E-state index in [-0.39, 0.29) is 4.90 Å². The number of nitrogens with zero attached hydrogens (tertiary/aromatic N) is 5. The minimum atomic E-state index is -3.79. The molecule has 0 aliphatic carbocycles. The predicted molar refractivity (Wildman–Crippen MR) is 101 cm³/mol. The summed E-state index contributed by atoms with van der Waals surface area (Å²) in [6.07, 6.45) is 4.63. The highest BCUT2D eigenvalue weighted by molar-refractivity contribution is 9.10. The van der Waals surface area contributed by atoms with Crippen LogP contribution in [-0.4, -0.2) is 35.7 Å². The van der Waals surface area contributed by atoms with Crippen LogP contribution in [0, 0.1) is 18.3 Å². The third-order valence-corrected chi connectivity index (χ3v) is 6.09. The van der Waals surface area contributed by atoms with Crippen molar-refractivity contribution in [3.8, 4) is 6.07 Å². The molecule has 0 atom stereocenters. The van der Waals surface area contributed by atoms with Gasteiger partial charge in [0.05, 0.1) is 34.5 Å². The number of halogens is 1. The van der Waals surface area contributed by atoms with Crippen LogP contribution in [0.25, 0.3) is 5.52 Å². The Morgan fingerprint density at radius 2 is 2.12 bits per heavy atom. The van der Waals surface area contributed by atoms with Crippen LogP contribution in [0.1, 0.15) is 16.7 Å². The number of fused-ring (bicyclic) bond motifs is 1.